The van der Waals surface area contributed by atoms with Crippen LogP contribution in [0.5, 0.6) is 11.5 Å². The van der Waals surface area contributed by atoms with E-state index in [1.165, 1.54) is 4.88 Å². The lowest BCUT2D eigenvalue weighted by atomic mass is 10.2. The van der Waals surface area contributed by atoms with E-state index in [9.17, 15) is 9.59 Å². The number of rotatable bonds is 7. The Morgan fingerprint density at radius 2 is 2.00 bits per heavy atom. The highest BCUT2D eigenvalue weighted by atomic mass is 32.1. The summed E-state index contributed by atoms with van der Waals surface area (Å²) in [5.41, 5.74) is 0.439. The van der Waals surface area contributed by atoms with Crippen LogP contribution in [0, 0.1) is 0 Å². The third-order valence-electron chi connectivity index (χ3n) is 4.72. The number of hydrogen-bond acceptors (Lipinski definition) is 6. The molecule has 3 heterocycles. The standard InChI is InChI=1S/C22H23N3O4S/c1-25(13-17-5-4-10-30-17)12-15-8-9-18(22(27)24-15)21(26)23-11-16-14-28-19-6-2-3-7-20(19)29-16/h2-10,16H,11-14H2,1H3,(H,23,26)(H,24,27)/t16-/m1/s1. The fourth-order valence-corrected chi connectivity index (χ4v) is 4.05. The second-order valence-corrected chi connectivity index (χ2v) is 8.22. The summed E-state index contributed by atoms with van der Waals surface area (Å²) in [6.45, 7) is 1.97. The number of fused-ring (bicyclic) bond motifs is 1. The molecular weight excluding hydrogens is 402 g/mol. The lowest BCUT2D eigenvalue weighted by molar-refractivity contribution is 0.0788. The number of benzene rings is 1. The minimum absolute atomic E-state index is 0.0804. The number of nitrogens with one attached hydrogen (secondary N) is 2. The van der Waals surface area contributed by atoms with Crippen molar-refractivity contribution in [1.29, 1.82) is 0 Å². The molecule has 1 aliphatic heterocycles. The maximum Gasteiger partial charge on any atom is 0.261 e. The summed E-state index contributed by atoms with van der Waals surface area (Å²) in [5, 5.41) is 4.80. The first-order chi connectivity index (χ1) is 14.6. The van der Waals surface area contributed by atoms with E-state index in [1.807, 2.05) is 42.8 Å². The number of ether oxygens (including phenoxy) is 2. The molecule has 0 aliphatic carbocycles. The average Bonchev–Trinajstić information content (AvgIpc) is 3.25. The minimum atomic E-state index is -0.433. The number of pyridine rings is 1. The van der Waals surface area contributed by atoms with Crippen molar-refractivity contribution in [3.05, 3.63) is 80.4 Å². The fraction of sp³-hybridized carbons (Fsp3) is 0.273. The largest absolute Gasteiger partial charge is 0.486 e. The highest BCUT2D eigenvalue weighted by Gasteiger charge is 2.22. The molecule has 8 heteroatoms. The lowest BCUT2D eigenvalue weighted by Crippen LogP contribution is -2.42. The first kappa shape index (κ1) is 20.2. The molecule has 0 fully saturated rings. The Kier molecular flexibility index (Phi) is 6.15. The van der Waals surface area contributed by atoms with Crippen molar-refractivity contribution >= 4 is 17.2 Å². The van der Waals surface area contributed by atoms with Gasteiger partial charge in [0.15, 0.2) is 11.5 Å². The summed E-state index contributed by atoms with van der Waals surface area (Å²) in [6.07, 6.45) is -0.312. The molecule has 7 nitrogen and oxygen atoms in total. The second kappa shape index (κ2) is 9.15. The summed E-state index contributed by atoms with van der Waals surface area (Å²) in [5.74, 6) is 0.908. The minimum Gasteiger partial charge on any atom is -0.486 e. The number of thiophene rings is 1. The van der Waals surface area contributed by atoms with E-state index in [4.69, 9.17) is 9.47 Å². The number of H-pyrrole nitrogens is 1. The van der Waals surface area contributed by atoms with Gasteiger partial charge < -0.3 is 19.8 Å². The summed E-state index contributed by atoms with van der Waals surface area (Å²) in [6, 6.07) is 14.8. The number of aromatic nitrogens is 1. The Labute approximate surface area is 178 Å². The topological polar surface area (TPSA) is 83.7 Å². The van der Waals surface area contributed by atoms with Crippen LogP contribution in [0.2, 0.25) is 0 Å². The van der Waals surface area contributed by atoms with E-state index >= 15 is 0 Å². The van der Waals surface area contributed by atoms with Crippen molar-refractivity contribution in [2.45, 2.75) is 19.2 Å². The third-order valence-corrected chi connectivity index (χ3v) is 5.58. The Morgan fingerprint density at radius 1 is 1.17 bits per heavy atom. The molecule has 2 N–H and O–H groups in total. The van der Waals surface area contributed by atoms with Crippen LogP contribution in [0.4, 0.5) is 0 Å². The van der Waals surface area contributed by atoms with Crippen LogP contribution in [0.1, 0.15) is 20.9 Å². The van der Waals surface area contributed by atoms with Crippen LogP contribution >= 0.6 is 11.3 Å². The number of amides is 1. The predicted molar refractivity (Wildman–Crippen MR) is 115 cm³/mol. The molecule has 0 bridgehead atoms. The number of hydrogen-bond donors (Lipinski definition) is 2. The summed E-state index contributed by atoms with van der Waals surface area (Å²) in [7, 11) is 1.99. The fourth-order valence-electron chi connectivity index (χ4n) is 3.27. The Morgan fingerprint density at radius 3 is 2.77 bits per heavy atom. The second-order valence-electron chi connectivity index (χ2n) is 7.19. The first-order valence-corrected chi connectivity index (χ1v) is 10.6. The van der Waals surface area contributed by atoms with Crippen LogP contribution in [0.3, 0.4) is 0 Å². The summed E-state index contributed by atoms with van der Waals surface area (Å²) < 4.78 is 11.5. The van der Waals surface area contributed by atoms with Gasteiger partial charge in [0, 0.05) is 23.7 Å². The molecule has 3 aromatic rings. The molecular formula is C22H23N3O4S. The summed E-state index contributed by atoms with van der Waals surface area (Å²) >= 11 is 1.70. The molecule has 1 atom stereocenters. The van der Waals surface area contributed by atoms with Gasteiger partial charge in [0.05, 0.1) is 6.54 Å². The number of nitrogens with zero attached hydrogens (tertiary/aromatic N) is 1. The number of carbonyl (C=O) groups excluding carboxylic acids is 1. The summed E-state index contributed by atoms with van der Waals surface area (Å²) in [4.78, 5) is 31.0. The molecule has 30 heavy (non-hydrogen) atoms. The van der Waals surface area contributed by atoms with E-state index in [0.29, 0.717) is 24.7 Å². The van der Waals surface area contributed by atoms with Gasteiger partial charge in [-0.3, -0.25) is 14.5 Å². The molecule has 4 rings (SSSR count). The smallest absolute Gasteiger partial charge is 0.261 e. The zero-order chi connectivity index (χ0) is 20.9. The SMILES string of the molecule is CN(Cc1ccc(C(=O)NC[C@@H]2COc3ccccc3O2)c(=O)[nH]1)Cc1cccs1. The maximum atomic E-state index is 12.5. The molecule has 0 saturated carbocycles. The highest BCUT2D eigenvalue weighted by molar-refractivity contribution is 7.09. The molecule has 0 saturated heterocycles. The van der Waals surface area contributed by atoms with Crippen molar-refractivity contribution in [1.82, 2.24) is 15.2 Å². The zero-order valence-corrected chi connectivity index (χ0v) is 17.4. The van der Waals surface area contributed by atoms with E-state index in [-0.39, 0.29) is 18.2 Å². The van der Waals surface area contributed by atoms with Gasteiger partial charge >= 0.3 is 0 Å². The molecule has 0 spiro atoms. The van der Waals surface area contributed by atoms with Gasteiger partial charge in [-0.25, -0.2) is 0 Å². The number of aromatic amines is 1. The third kappa shape index (κ3) is 4.90. The van der Waals surface area contributed by atoms with Crippen molar-refractivity contribution in [2.24, 2.45) is 0 Å². The van der Waals surface area contributed by atoms with Gasteiger partial charge in [-0.2, -0.15) is 0 Å². The Bertz CT molecular complexity index is 1060. The van der Waals surface area contributed by atoms with Crippen molar-refractivity contribution < 1.29 is 14.3 Å². The molecule has 1 aliphatic rings. The van der Waals surface area contributed by atoms with E-state index in [0.717, 1.165) is 12.2 Å². The van der Waals surface area contributed by atoms with E-state index < -0.39 is 11.5 Å². The number of para-hydroxylation sites is 2. The predicted octanol–water partition coefficient (Wildman–Crippen LogP) is 2.64. The van der Waals surface area contributed by atoms with Crippen LogP contribution < -0.4 is 20.3 Å². The van der Waals surface area contributed by atoms with Gasteiger partial charge in [0.1, 0.15) is 18.3 Å². The highest BCUT2D eigenvalue weighted by Crippen LogP contribution is 2.30. The van der Waals surface area contributed by atoms with Crippen LogP contribution in [0.15, 0.2) is 58.7 Å². The maximum absolute atomic E-state index is 12.5. The monoisotopic (exact) mass is 425 g/mol. The first-order valence-electron chi connectivity index (χ1n) is 9.68. The zero-order valence-electron chi connectivity index (χ0n) is 16.6. The van der Waals surface area contributed by atoms with Crippen LogP contribution in [-0.4, -0.2) is 42.1 Å². The molecule has 1 amide bonds. The quantitative estimate of drug-likeness (QED) is 0.608. The van der Waals surface area contributed by atoms with Crippen LogP contribution in [0.25, 0.3) is 0 Å². The van der Waals surface area contributed by atoms with E-state index in [1.54, 1.807) is 23.5 Å². The van der Waals surface area contributed by atoms with Gasteiger partial charge in [-0.15, -0.1) is 11.3 Å². The Hall–Kier alpha value is -3.10. The molecule has 0 radical (unpaired) electrons. The van der Waals surface area contributed by atoms with Crippen molar-refractivity contribution in [2.75, 3.05) is 20.2 Å². The normalized spacial score (nSPS) is 15.2. The Balaban J connectivity index is 1.31. The van der Waals surface area contributed by atoms with Crippen molar-refractivity contribution in [3.63, 3.8) is 0 Å². The van der Waals surface area contributed by atoms with Gasteiger partial charge in [0.2, 0.25) is 0 Å². The number of carbonyl (C=O) groups is 1. The van der Waals surface area contributed by atoms with Crippen LogP contribution in [-0.2, 0) is 13.1 Å². The van der Waals surface area contributed by atoms with Crippen molar-refractivity contribution in [3.8, 4) is 11.5 Å². The van der Waals surface area contributed by atoms with Gasteiger partial charge in [-0.05, 0) is 42.8 Å². The lowest BCUT2D eigenvalue weighted by Gasteiger charge is -2.26. The van der Waals surface area contributed by atoms with Gasteiger partial charge in [0.25, 0.3) is 11.5 Å². The molecule has 1 aromatic carbocycles. The van der Waals surface area contributed by atoms with E-state index in [2.05, 4.69) is 21.3 Å². The average molecular weight is 426 g/mol. The molecule has 2 aromatic heterocycles. The van der Waals surface area contributed by atoms with Gasteiger partial charge in [-0.1, -0.05) is 18.2 Å². The molecule has 156 valence electrons. The molecule has 0 unspecified atom stereocenters.